The monoisotopic (exact) mass is 324 g/mol. The number of ketones is 1. The van der Waals surface area contributed by atoms with E-state index in [1.54, 1.807) is 37.3 Å². The van der Waals surface area contributed by atoms with Gasteiger partial charge in [0.2, 0.25) is 5.78 Å². The summed E-state index contributed by atoms with van der Waals surface area (Å²) in [6.45, 7) is 4.09. The standard InChI is InChI=1S/C20H20O4/c1-3-23-18-12-9-16(10-13-18)11-14-19(21)24-15(2)20(22)17-7-5-4-6-8-17/h4-15H,3H2,1-2H3/b14-11+. The topological polar surface area (TPSA) is 52.6 Å². The number of esters is 1. The Morgan fingerprint density at radius 2 is 1.71 bits per heavy atom. The van der Waals surface area contributed by atoms with Crippen LogP contribution in [0.25, 0.3) is 6.08 Å². The quantitative estimate of drug-likeness (QED) is 0.440. The lowest BCUT2D eigenvalue weighted by Crippen LogP contribution is -2.23. The van der Waals surface area contributed by atoms with Crippen molar-refractivity contribution < 1.29 is 19.1 Å². The summed E-state index contributed by atoms with van der Waals surface area (Å²) in [5.41, 5.74) is 1.37. The Balaban J connectivity index is 1.91. The molecule has 0 amide bonds. The lowest BCUT2D eigenvalue weighted by molar-refractivity contribution is -0.140. The van der Waals surface area contributed by atoms with Crippen molar-refractivity contribution in [2.24, 2.45) is 0 Å². The Morgan fingerprint density at radius 3 is 2.33 bits per heavy atom. The molecule has 0 N–H and O–H groups in total. The van der Waals surface area contributed by atoms with E-state index in [1.807, 2.05) is 37.3 Å². The number of carbonyl (C=O) groups is 2. The van der Waals surface area contributed by atoms with Crippen molar-refractivity contribution in [1.82, 2.24) is 0 Å². The minimum absolute atomic E-state index is 0.224. The summed E-state index contributed by atoms with van der Waals surface area (Å²) < 4.78 is 10.5. The molecule has 0 saturated heterocycles. The van der Waals surface area contributed by atoms with Gasteiger partial charge in [0.25, 0.3) is 0 Å². The normalized spacial score (nSPS) is 11.9. The van der Waals surface area contributed by atoms with Crippen LogP contribution in [0.15, 0.2) is 60.7 Å². The van der Waals surface area contributed by atoms with Gasteiger partial charge in [0.1, 0.15) is 5.75 Å². The molecule has 0 saturated carbocycles. The Kier molecular flexibility index (Phi) is 6.32. The third kappa shape index (κ3) is 5.09. The van der Waals surface area contributed by atoms with Crippen LogP contribution in [-0.4, -0.2) is 24.5 Å². The fourth-order valence-corrected chi connectivity index (χ4v) is 2.11. The van der Waals surface area contributed by atoms with Gasteiger partial charge in [-0.25, -0.2) is 4.79 Å². The second-order valence-corrected chi connectivity index (χ2v) is 5.14. The molecule has 1 unspecified atom stereocenters. The number of rotatable bonds is 7. The number of ether oxygens (including phenoxy) is 2. The van der Waals surface area contributed by atoms with E-state index in [0.717, 1.165) is 11.3 Å². The van der Waals surface area contributed by atoms with Gasteiger partial charge in [0, 0.05) is 11.6 Å². The van der Waals surface area contributed by atoms with Crippen molar-refractivity contribution in [1.29, 1.82) is 0 Å². The highest BCUT2D eigenvalue weighted by molar-refractivity contribution is 6.00. The average Bonchev–Trinajstić information content (AvgIpc) is 2.61. The molecule has 0 radical (unpaired) electrons. The summed E-state index contributed by atoms with van der Waals surface area (Å²) in [4.78, 5) is 24.0. The Morgan fingerprint density at radius 1 is 1.04 bits per heavy atom. The van der Waals surface area contributed by atoms with Gasteiger partial charge in [-0.1, -0.05) is 42.5 Å². The second kappa shape index (κ2) is 8.67. The fourth-order valence-electron chi connectivity index (χ4n) is 2.11. The molecule has 0 spiro atoms. The molecule has 2 rings (SSSR count). The van der Waals surface area contributed by atoms with Crippen molar-refractivity contribution in [3.8, 4) is 5.75 Å². The summed E-state index contributed by atoms with van der Waals surface area (Å²) in [7, 11) is 0. The molecule has 0 heterocycles. The van der Waals surface area contributed by atoms with Crippen molar-refractivity contribution in [2.45, 2.75) is 20.0 Å². The molecule has 24 heavy (non-hydrogen) atoms. The maximum atomic E-state index is 12.1. The van der Waals surface area contributed by atoms with Crippen LogP contribution >= 0.6 is 0 Å². The van der Waals surface area contributed by atoms with Gasteiger partial charge in [-0.05, 0) is 37.6 Å². The highest BCUT2D eigenvalue weighted by Gasteiger charge is 2.17. The summed E-state index contributed by atoms with van der Waals surface area (Å²) in [5.74, 6) is -0.00149. The first kappa shape index (κ1) is 17.5. The van der Waals surface area contributed by atoms with E-state index >= 15 is 0 Å². The zero-order valence-electron chi connectivity index (χ0n) is 13.8. The third-order valence-corrected chi connectivity index (χ3v) is 3.32. The van der Waals surface area contributed by atoms with Gasteiger partial charge >= 0.3 is 5.97 Å². The first-order valence-electron chi connectivity index (χ1n) is 7.81. The number of benzene rings is 2. The van der Waals surface area contributed by atoms with Gasteiger partial charge in [-0.2, -0.15) is 0 Å². The molecule has 0 bridgehead atoms. The van der Waals surface area contributed by atoms with Crippen molar-refractivity contribution in [3.63, 3.8) is 0 Å². The predicted molar refractivity (Wildman–Crippen MR) is 93.0 cm³/mol. The predicted octanol–water partition coefficient (Wildman–Crippen LogP) is 3.91. The van der Waals surface area contributed by atoms with Gasteiger partial charge < -0.3 is 9.47 Å². The van der Waals surface area contributed by atoms with Crippen molar-refractivity contribution >= 4 is 17.8 Å². The van der Waals surface area contributed by atoms with Crippen LogP contribution in [-0.2, 0) is 9.53 Å². The molecule has 0 aliphatic rings. The van der Waals surface area contributed by atoms with Crippen LogP contribution in [0.3, 0.4) is 0 Å². The van der Waals surface area contributed by atoms with Crippen molar-refractivity contribution in [2.75, 3.05) is 6.61 Å². The smallest absolute Gasteiger partial charge is 0.331 e. The molecular formula is C20H20O4. The van der Waals surface area contributed by atoms with Crippen LogP contribution in [0.5, 0.6) is 5.75 Å². The first-order valence-corrected chi connectivity index (χ1v) is 7.81. The number of hydrogen-bond acceptors (Lipinski definition) is 4. The van der Waals surface area contributed by atoms with Gasteiger partial charge in [0.05, 0.1) is 6.61 Å². The minimum Gasteiger partial charge on any atom is -0.494 e. The van der Waals surface area contributed by atoms with E-state index in [0.29, 0.717) is 12.2 Å². The summed E-state index contributed by atoms with van der Waals surface area (Å²) in [6, 6.07) is 16.1. The van der Waals surface area contributed by atoms with E-state index in [1.165, 1.54) is 6.08 Å². The van der Waals surface area contributed by atoms with E-state index in [4.69, 9.17) is 9.47 Å². The molecule has 0 fully saturated rings. The van der Waals surface area contributed by atoms with Crippen LogP contribution in [0.2, 0.25) is 0 Å². The van der Waals surface area contributed by atoms with E-state index in [9.17, 15) is 9.59 Å². The number of carbonyl (C=O) groups excluding carboxylic acids is 2. The molecular weight excluding hydrogens is 304 g/mol. The molecule has 4 nitrogen and oxygen atoms in total. The lowest BCUT2D eigenvalue weighted by atomic mass is 10.1. The van der Waals surface area contributed by atoms with Crippen molar-refractivity contribution in [3.05, 3.63) is 71.8 Å². The molecule has 2 aromatic carbocycles. The highest BCUT2D eigenvalue weighted by Crippen LogP contribution is 2.13. The molecule has 0 aliphatic carbocycles. The van der Waals surface area contributed by atoms with E-state index in [2.05, 4.69) is 0 Å². The molecule has 4 heteroatoms. The Bertz CT molecular complexity index is 702. The summed E-state index contributed by atoms with van der Waals surface area (Å²) in [5, 5.41) is 0. The van der Waals surface area contributed by atoms with Crippen LogP contribution < -0.4 is 4.74 Å². The second-order valence-electron chi connectivity index (χ2n) is 5.14. The maximum absolute atomic E-state index is 12.1. The lowest BCUT2D eigenvalue weighted by Gasteiger charge is -2.10. The van der Waals surface area contributed by atoms with Gasteiger partial charge in [-0.3, -0.25) is 4.79 Å². The van der Waals surface area contributed by atoms with E-state index in [-0.39, 0.29) is 5.78 Å². The molecule has 2 aromatic rings. The SMILES string of the molecule is CCOc1ccc(/C=C/C(=O)OC(C)C(=O)c2ccccc2)cc1. The summed E-state index contributed by atoms with van der Waals surface area (Å²) >= 11 is 0. The Hall–Kier alpha value is -2.88. The molecule has 0 aromatic heterocycles. The summed E-state index contributed by atoms with van der Waals surface area (Å²) in [6.07, 6.45) is 2.12. The Labute approximate surface area is 141 Å². The average molecular weight is 324 g/mol. The zero-order valence-corrected chi connectivity index (χ0v) is 13.8. The van der Waals surface area contributed by atoms with Gasteiger partial charge in [0.15, 0.2) is 6.10 Å². The van der Waals surface area contributed by atoms with Gasteiger partial charge in [-0.15, -0.1) is 0 Å². The third-order valence-electron chi connectivity index (χ3n) is 3.32. The van der Waals surface area contributed by atoms with Crippen LogP contribution in [0.4, 0.5) is 0 Å². The zero-order chi connectivity index (χ0) is 17.4. The van der Waals surface area contributed by atoms with Crippen LogP contribution in [0, 0.1) is 0 Å². The molecule has 0 aliphatic heterocycles. The van der Waals surface area contributed by atoms with E-state index < -0.39 is 12.1 Å². The largest absolute Gasteiger partial charge is 0.494 e. The fraction of sp³-hybridized carbons (Fsp3) is 0.200. The first-order chi connectivity index (χ1) is 11.6. The number of Topliss-reactive ketones (excluding diaryl/α,β-unsaturated/α-hetero) is 1. The minimum atomic E-state index is -0.829. The number of hydrogen-bond donors (Lipinski definition) is 0. The van der Waals surface area contributed by atoms with Crippen LogP contribution in [0.1, 0.15) is 29.8 Å². The molecule has 1 atom stereocenters. The maximum Gasteiger partial charge on any atom is 0.331 e. The molecule has 124 valence electrons. The highest BCUT2D eigenvalue weighted by atomic mass is 16.5.